The van der Waals surface area contributed by atoms with Crippen molar-refractivity contribution in [2.24, 2.45) is 5.92 Å². The monoisotopic (exact) mass is 320 g/mol. The van der Waals surface area contributed by atoms with Crippen molar-refractivity contribution in [2.45, 2.75) is 25.7 Å². The van der Waals surface area contributed by atoms with Crippen molar-refractivity contribution in [1.29, 1.82) is 0 Å². The van der Waals surface area contributed by atoms with Crippen LogP contribution >= 0.6 is 11.8 Å². The molecule has 0 aliphatic rings. The molecule has 7 heteroatoms. The van der Waals surface area contributed by atoms with Gasteiger partial charge in [-0.2, -0.15) is 11.8 Å². The van der Waals surface area contributed by atoms with Gasteiger partial charge in [-0.05, 0) is 49.0 Å². The van der Waals surface area contributed by atoms with Crippen molar-refractivity contribution in [3.05, 3.63) is 23.0 Å². The third-order valence-electron chi connectivity index (χ3n) is 3.05. The average Bonchev–Trinajstić information content (AvgIpc) is 2.34. The third-order valence-corrected chi connectivity index (χ3v) is 5.66. The van der Waals surface area contributed by atoms with Gasteiger partial charge >= 0.3 is 0 Å². The van der Waals surface area contributed by atoms with E-state index in [1.165, 1.54) is 6.92 Å². The smallest absolute Gasteiger partial charge is 0.241 e. The van der Waals surface area contributed by atoms with Crippen molar-refractivity contribution >= 4 is 27.5 Å². The molecule has 0 bridgehead atoms. The highest BCUT2D eigenvalue weighted by Gasteiger charge is 2.23. The summed E-state index contributed by atoms with van der Waals surface area (Å²) in [5.41, 5.74) is 6.08. The van der Waals surface area contributed by atoms with Crippen molar-refractivity contribution < 1.29 is 12.8 Å². The molecule has 0 fully saturated rings. The highest BCUT2D eigenvalue weighted by molar-refractivity contribution is 7.98. The number of sulfonamides is 1. The fourth-order valence-corrected chi connectivity index (χ4v) is 4.34. The van der Waals surface area contributed by atoms with Crippen LogP contribution in [-0.4, -0.2) is 27.0 Å². The molecular formula is C13H21FN2O2S2. The SMILES string of the molecule is CSCC(C)CNS(=O)(=O)c1c(C)cc(F)c(N)c1C. The van der Waals surface area contributed by atoms with Gasteiger partial charge in [0.1, 0.15) is 5.82 Å². The number of hydrogen-bond acceptors (Lipinski definition) is 4. The van der Waals surface area contributed by atoms with Crippen LogP contribution in [0.5, 0.6) is 0 Å². The van der Waals surface area contributed by atoms with Gasteiger partial charge in [0.15, 0.2) is 0 Å². The summed E-state index contributed by atoms with van der Waals surface area (Å²) in [6, 6.07) is 1.15. The van der Waals surface area contributed by atoms with Crippen LogP contribution in [0, 0.1) is 25.6 Å². The lowest BCUT2D eigenvalue weighted by molar-refractivity contribution is 0.561. The number of anilines is 1. The average molecular weight is 320 g/mol. The molecule has 1 rings (SSSR count). The van der Waals surface area contributed by atoms with Crippen molar-refractivity contribution in [3.8, 4) is 0 Å². The highest BCUT2D eigenvalue weighted by Crippen LogP contribution is 2.27. The predicted octanol–water partition coefficient (Wildman–Crippen LogP) is 2.30. The van der Waals surface area contributed by atoms with Crippen LogP contribution in [-0.2, 0) is 10.0 Å². The van der Waals surface area contributed by atoms with Crippen LogP contribution in [0.15, 0.2) is 11.0 Å². The van der Waals surface area contributed by atoms with E-state index in [0.29, 0.717) is 12.1 Å². The zero-order chi connectivity index (χ0) is 15.5. The van der Waals surface area contributed by atoms with Crippen molar-refractivity contribution in [3.63, 3.8) is 0 Å². The van der Waals surface area contributed by atoms with Gasteiger partial charge in [0.25, 0.3) is 0 Å². The standard InChI is InChI=1S/C13H21FN2O2S2/c1-8(7-19-4)6-16-20(17,18)13-9(2)5-11(14)12(15)10(13)3/h5,8,16H,6-7,15H2,1-4H3. The van der Waals surface area contributed by atoms with E-state index < -0.39 is 15.8 Å². The van der Waals surface area contributed by atoms with E-state index in [-0.39, 0.29) is 22.1 Å². The highest BCUT2D eigenvalue weighted by atomic mass is 32.2. The Labute approximate surface area is 124 Å². The molecule has 0 amide bonds. The second-order valence-corrected chi connectivity index (χ2v) is 7.57. The molecule has 3 N–H and O–H groups in total. The quantitative estimate of drug-likeness (QED) is 0.789. The van der Waals surface area contributed by atoms with Crippen LogP contribution in [0.1, 0.15) is 18.1 Å². The predicted molar refractivity (Wildman–Crippen MR) is 83.0 cm³/mol. The fraction of sp³-hybridized carbons (Fsp3) is 0.538. The van der Waals surface area contributed by atoms with Crippen LogP contribution in [0.2, 0.25) is 0 Å². The Morgan fingerprint density at radius 1 is 1.45 bits per heavy atom. The Kier molecular flexibility index (Phi) is 5.85. The first-order chi connectivity index (χ1) is 9.20. The number of hydrogen-bond donors (Lipinski definition) is 2. The van der Waals surface area contributed by atoms with Gasteiger partial charge in [-0.1, -0.05) is 6.92 Å². The summed E-state index contributed by atoms with van der Waals surface area (Å²) in [4.78, 5) is 0.0766. The van der Waals surface area contributed by atoms with Crippen LogP contribution in [0.3, 0.4) is 0 Å². The van der Waals surface area contributed by atoms with E-state index in [4.69, 9.17) is 5.73 Å². The molecule has 0 saturated carbocycles. The van der Waals surface area contributed by atoms with E-state index in [9.17, 15) is 12.8 Å². The molecule has 1 unspecified atom stereocenters. The lowest BCUT2D eigenvalue weighted by atomic mass is 10.1. The van der Waals surface area contributed by atoms with Crippen molar-refractivity contribution in [2.75, 3.05) is 24.3 Å². The zero-order valence-electron chi connectivity index (χ0n) is 12.2. The van der Waals surface area contributed by atoms with E-state index in [2.05, 4.69) is 4.72 Å². The number of nitrogens with two attached hydrogens (primary N) is 1. The van der Waals surface area contributed by atoms with Gasteiger partial charge < -0.3 is 5.73 Å². The normalized spacial score (nSPS) is 13.4. The van der Waals surface area contributed by atoms with E-state index in [1.54, 1.807) is 18.7 Å². The first-order valence-electron chi connectivity index (χ1n) is 6.24. The summed E-state index contributed by atoms with van der Waals surface area (Å²) in [5, 5.41) is 0. The maximum absolute atomic E-state index is 13.5. The minimum absolute atomic E-state index is 0.0766. The van der Waals surface area contributed by atoms with Gasteiger partial charge in [0.05, 0.1) is 10.6 Å². The van der Waals surface area contributed by atoms with Gasteiger partial charge in [-0.25, -0.2) is 17.5 Å². The number of thioether (sulfide) groups is 1. The molecule has 0 aliphatic heterocycles. The van der Waals surface area contributed by atoms with Gasteiger partial charge in [0, 0.05) is 6.54 Å². The Morgan fingerprint density at radius 3 is 2.60 bits per heavy atom. The van der Waals surface area contributed by atoms with Crippen molar-refractivity contribution in [1.82, 2.24) is 4.72 Å². The Balaban J connectivity index is 3.08. The van der Waals surface area contributed by atoms with Gasteiger partial charge in [0.2, 0.25) is 10.0 Å². The second-order valence-electron chi connectivity index (χ2n) is 4.96. The number of nitrogen functional groups attached to an aromatic ring is 1. The molecule has 1 atom stereocenters. The molecule has 0 aromatic heterocycles. The number of halogens is 1. The molecule has 0 spiro atoms. The largest absolute Gasteiger partial charge is 0.396 e. The number of nitrogens with one attached hydrogen (secondary N) is 1. The molecule has 1 aromatic rings. The zero-order valence-corrected chi connectivity index (χ0v) is 13.8. The van der Waals surface area contributed by atoms with Crippen LogP contribution < -0.4 is 10.5 Å². The molecule has 0 saturated heterocycles. The van der Waals surface area contributed by atoms with E-state index >= 15 is 0 Å². The van der Waals surface area contributed by atoms with Gasteiger partial charge in [-0.3, -0.25) is 0 Å². The lowest BCUT2D eigenvalue weighted by Crippen LogP contribution is -2.30. The molecule has 1 aromatic carbocycles. The van der Waals surface area contributed by atoms with E-state index in [0.717, 1.165) is 11.8 Å². The Hall–Kier alpha value is -0.790. The fourth-order valence-electron chi connectivity index (χ4n) is 2.01. The molecule has 0 heterocycles. The topological polar surface area (TPSA) is 72.2 Å². The Morgan fingerprint density at radius 2 is 2.05 bits per heavy atom. The molecule has 4 nitrogen and oxygen atoms in total. The summed E-state index contributed by atoms with van der Waals surface area (Å²) >= 11 is 1.66. The lowest BCUT2D eigenvalue weighted by Gasteiger charge is -2.16. The first kappa shape index (κ1) is 17.3. The Bertz CT molecular complexity index is 589. The summed E-state index contributed by atoms with van der Waals surface area (Å²) in [5.74, 6) is 0.499. The third kappa shape index (κ3) is 3.86. The minimum atomic E-state index is -3.68. The number of rotatable bonds is 6. The summed E-state index contributed by atoms with van der Waals surface area (Å²) in [7, 11) is -3.68. The maximum atomic E-state index is 13.5. The van der Waals surface area contributed by atoms with E-state index in [1.807, 2.05) is 13.2 Å². The second kappa shape index (κ2) is 6.78. The molecule has 0 aliphatic carbocycles. The first-order valence-corrected chi connectivity index (χ1v) is 9.12. The van der Waals surface area contributed by atoms with Crippen LogP contribution in [0.25, 0.3) is 0 Å². The molecule has 20 heavy (non-hydrogen) atoms. The number of aryl methyl sites for hydroxylation is 1. The van der Waals surface area contributed by atoms with Gasteiger partial charge in [-0.15, -0.1) is 0 Å². The minimum Gasteiger partial charge on any atom is -0.396 e. The number of benzene rings is 1. The molecule has 0 radical (unpaired) electrons. The summed E-state index contributed by atoms with van der Waals surface area (Å²) < 4.78 is 40.7. The molecular weight excluding hydrogens is 299 g/mol. The molecule has 114 valence electrons. The van der Waals surface area contributed by atoms with Crippen LogP contribution in [0.4, 0.5) is 10.1 Å². The summed E-state index contributed by atoms with van der Waals surface area (Å²) in [6.07, 6.45) is 1.97. The summed E-state index contributed by atoms with van der Waals surface area (Å²) in [6.45, 7) is 5.40. The maximum Gasteiger partial charge on any atom is 0.241 e.